The van der Waals surface area contributed by atoms with Gasteiger partial charge in [0.1, 0.15) is 0 Å². The van der Waals surface area contributed by atoms with Crippen LogP contribution in [0, 0.1) is 5.92 Å². The van der Waals surface area contributed by atoms with E-state index in [4.69, 9.17) is 5.11 Å². The van der Waals surface area contributed by atoms with Gasteiger partial charge in [-0.2, -0.15) is 13.2 Å². The van der Waals surface area contributed by atoms with E-state index in [1.54, 1.807) is 11.0 Å². The molecular formula is C13H16F3NO. The Balaban J connectivity index is 2.40. The molecule has 1 aliphatic rings. The van der Waals surface area contributed by atoms with Crippen LogP contribution in [0.3, 0.4) is 0 Å². The fourth-order valence-corrected chi connectivity index (χ4v) is 2.34. The average molecular weight is 259 g/mol. The van der Waals surface area contributed by atoms with Gasteiger partial charge in [0.25, 0.3) is 0 Å². The van der Waals surface area contributed by atoms with Crippen molar-refractivity contribution in [3.05, 3.63) is 29.3 Å². The molecule has 100 valence electrons. The first-order valence-electron chi connectivity index (χ1n) is 5.97. The number of aliphatic hydroxyl groups is 1. The van der Waals surface area contributed by atoms with Crippen LogP contribution in [0.25, 0.3) is 0 Å². The lowest BCUT2D eigenvalue weighted by molar-refractivity contribution is -0.137. The van der Waals surface area contributed by atoms with Crippen molar-refractivity contribution in [2.75, 3.05) is 18.0 Å². The van der Waals surface area contributed by atoms with E-state index in [-0.39, 0.29) is 12.3 Å². The lowest BCUT2D eigenvalue weighted by Crippen LogP contribution is -2.23. The first-order valence-corrected chi connectivity index (χ1v) is 5.97. The molecule has 1 fully saturated rings. The van der Waals surface area contributed by atoms with Gasteiger partial charge >= 0.3 is 6.18 Å². The SMILES string of the molecule is CC1CCN(c2ccc(CO)cc2C(F)(F)F)C1. The normalized spacial score (nSPS) is 20.5. The number of rotatable bonds is 2. The number of benzene rings is 1. The Labute approximate surface area is 104 Å². The molecule has 0 saturated carbocycles. The number of nitrogens with zero attached hydrogens (tertiary/aromatic N) is 1. The van der Waals surface area contributed by atoms with Crippen LogP contribution in [0.4, 0.5) is 18.9 Å². The molecule has 0 bridgehead atoms. The largest absolute Gasteiger partial charge is 0.418 e. The summed E-state index contributed by atoms with van der Waals surface area (Å²) >= 11 is 0. The van der Waals surface area contributed by atoms with Gasteiger partial charge in [-0.15, -0.1) is 0 Å². The first-order chi connectivity index (χ1) is 8.41. The Bertz CT molecular complexity index is 431. The zero-order valence-corrected chi connectivity index (χ0v) is 10.2. The van der Waals surface area contributed by atoms with Crippen LogP contribution in [-0.2, 0) is 12.8 Å². The maximum absolute atomic E-state index is 13.0. The molecule has 0 spiro atoms. The number of hydrogen-bond acceptors (Lipinski definition) is 2. The molecule has 1 heterocycles. The second-order valence-corrected chi connectivity index (χ2v) is 4.85. The molecule has 5 heteroatoms. The summed E-state index contributed by atoms with van der Waals surface area (Å²) in [6, 6.07) is 4.05. The zero-order valence-electron chi connectivity index (χ0n) is 10.2. The molecule has 0 aromatic heterocycles. The van der Waals surface area contributed by atoms with Gasteiger partial charge in [-0.1, -0.05) is 13.0 Å². The molecule has 1 unspecified atom stereocenters. The summed E-state index contributed by atoms with van der Waals surface area (Å²) in [5.74, 6) is 0.420. The third-order valence-corrected chi connectivity index (χ3v) is 3.31. The standard InChI is InChI=1S/C13H16F3NO/c1-9-4-5-17(7-9)12-3-2-10(8-18)6-11(12)13(14,15)16/h2-3,6,9,18H,4-5,7-8H2,1H3. The highest BCUT2D eigenvalue weighted by Crippen LogP contribution is 2.38. The summed E-state index contributed by atoms with van der Waals surface area (Å²) in [6.07, 6.45) is -3.47. The van der Waals surface area contributed by atoms with Gasteiger partial charge in [-0.3, -0.25) is 0 Å². The third-order valence-electron chi connectivity index (χ3n) is 3.31. The minimum atomic E-state index is -4.38. The Morgan fingerprint density at radius 1 is 1.39 bits per heavy atom. The summed E-state index contributed by atoms with van der Waals surface area (Å²) in [6.45, 7) is 2.97. The summed E-state index contributed by atoms with van der Waals surface area (Å²) in [4.78, 5) is 1.77. The molecule has 18 heavy (non-hydrogen) atoms. The molecule has 1 aromatic rings. The predicted molar refractivity (Wildman–Crippen MR) is 63.4 cm³/mol. The fraction of sp³-hybridized carbons (Fsp3) is 0.538. The van der Waals surface area contributed by atoms with Crippen molar-refractivity contribution in [3.8, 4) is 0 Å². The number of halogens is 3. The van der Waals surface area contributed by atoms with Crippen LogP contribution in [0.2, 0.25) is 0 Å². The van der Waals surface area contributed by atoms with Gasteiger partial charge in [0, 0.05) is 18.8 Å². The van der Waals surface area contributed by atoms with Gasteiger partial charge in [-0.05, 0) is 30.0 Å². The highest BCUT2D eigenvalue weighted by atomic mass is 19.4. The minimum Gasteiger partial charge on any atom is -0.392 e. The number of anilines is 1. The van der Waals surface area contributed by atoms with Crippen molar-refractivity contribution in [1.82, 2.24) is 0 Å². The Morgan fingerprint density at radius 2 is 2.11 bits per heavy atom. The smallest absolute Gasteiger partial charge is 0.392 e. The lowest BCUT2D eigenvalue weighted by Gasteiger charge is -2.23. The molecule has 2 nitrogen and oxygen atoms in total. The van der Waals surface area contributed by atoms with E-state index in [1.165, 1.54) is 6.07 Å². The zero-order chi connectivity index (χ0) is 13.3. The van der Waals surface area contributed by atoms with Crippen molar-refractivity contribution in [3.63, 3.8) is 0 Å². The van der Waals surface area contributed by atoms with Gasteiger partial charge in [0.05, 0.1) is 12.2 Å². The third kappa shape index (κ3) is 2.61. The van der Waals surface area contributed by atoms with Crippen LogP contribution in [0.5, 0.6) is 0 Å². The molecule has 0 radical (unpaired) electrons. The molecule has 2 rings (SSSR count). The van der Waals surface area contributed by atoms with Crippen LogP contribution in [0.15, 0.2) is 18.2 Å². The van der Waals surface area contributed by atoms with Gasteiger partial charge in [0.2, 0.25) is 0 Å². The van der Waals surface area contributed by atoms with Crippen molar-refractivity contribution >= 4 is 5.69 Å². The second-order valence-electron chi connectivity index (χ2n) is 4.85. The van der Waals surface area contributed by atoms with Gasteiger partial charge < -0.3 is 10.0 Å². The van der Waals surface area contributed by atoms with E-state index in [2.05, 4.69) is 0 Å². The summed E-state index contributed by atoms with van der Waals surface area (Å²) in [5, 5.41) is 8.95. The fourth-order valence-electron chi connectivity index (χ4n) is 2.34. The highest BCUT2D eigenvalue weighted by Gasteiger charge is 2.36. The summed E-state index contributed by atoms with van der Waals surface area (Å²) in [7, 11) is 0. The molecule has 1 N–H and O–H groups in total. The summed E-state index contributed by atoms with van der Waals surface area (Å²) < 4.78 is 39.0. The minimum absolute atomic E-state index is 0.226. The highest BCUT2D eigenvalue weighted by molar-refractivity contribution is 5.57. The van der Waals surface area contributed by atoms with Crippen molar-refractivity contribution < 1.29 is 18.3 Å². The maximum Gasteiger partial charge on any atom is 0.418 e. The topological polar surface area (TPSA) is 23.5 Å². The molecule has 1 aliphatic heterocycles. The van der Waals surface area contributed by atoms with E-state index in [0.29, 0.717) is 24.6 Å². The molecule has 1 saturated heterocycles. The maximum atomic E-state index is 13.0. The van der Waals surface area contributed by atoms with Crippen LogP contribution < -0.4 is 4.90 Å². The Morgan fingerprint density at radius 3 is 2.61 bits per heavy atom. The molecular weight excluding hydrogens is 243 g/mol. The quantitative estimate of drug-likeness (QED) is 0.882. The summed E-state index contributed by atoms with van der Waals surface area (Å²) in [5.41, 5.74) is -0.134. The molecule has 0 aliphatic carbocycles. The predicted octanol–water partition coefficient (Wildman–Crippen LogP) is 3.04. The van der Waals surface area contributed by atoms with E-state index in [0.717, 1.165) is 12.5 Å². The Kier molecular flexibility index (Phi) is 3.52. The second kappa shape index (κ2) is 4.80. The number of hydrogen-bond donors (Lipinski definition) is 1. The van der Waals surface area contributed by atoms with E-state index in [9.17, 15) is 13.2 Å². The first kappa shape index (κ1) is 13.2. The van der Waals surface area contributed by atoms with E-state index in [1.807, 2.05) is 6.92 Å². The van der Waals surface area contributed by atoms with Crippen LogP contribution >= 0.6 is 0 Å². The van der Waals surface area contributed by atoms with E-state index >= 15 is 0 Å². The number of aliphatic hydroxyl groups excluding tert-OH is 1. The Hall–Kier alpha value is -1.23. The van der Waals surface area contributed by atoms with Crippen molar-refractivity contribution in [2.24, 2.45) is 5.92 Å². The van der Waals surface area contributed by atoms with Gasteiger partial charge in [0.15, 0.2) is 0 Å². The molecule has 0 amide bonds. The van der Waals surface area contributed by atoms with Crippen molar-refractivity contribution in [1.29, 1.82) is 0 Å². The van der Waals surface area contributed by atoms with Crippen molar-refractivity contribution in [2.45, 2.75) is 26.1 Å². The van der Waals surface area contributed by atoms with Crippen LogP contribution in [-0.4, -0.2) is 18.2 Å². The average Bonchev–Trinajstić information content (AvgIpc) is 2.74. The van der Waals surface area contributed by atoms with Crippen LogP contribution in [0.1, 0.15) is 24.5 Å². The van der Waals surface area contributed by atoms with Gasteiger partial charge in [-0.25, -0.2) is 0 Å². The monoisotopic (exact) mass is 259 g/mol. The molecule has 1 atom stereocenters. The molecule has 1 aromatic carbocycles. The number of alkyl halides is 3. The van der Waals surface area contributed by atoms with E-state index < -0.39 is 11.7 Å². The lowest BCUT2D eigenvalue weighted by atomic mass is 10.1.